The van der Waals surface area contributed by atoms with Crippen molar-refractivity contribution in [3.05, 3.63) is 28.3 Å². The molecule has 14 heavy (non-hydrogen) atoms. The Balaban J connectivity index is 3.15. The number of rotatable bonds is 3. The Bertz CT molecular complexity index is 359. The summed E-state index contributed by atoms with van der Waals surface area (Å²) in [6.45, 7) is 3.49. The van der Waals surface area contributed by atoms with E-state index in [2.05, 4.69) is 0 Å². The van der Waals surface area contributed by atoms with E-state index in [1.807, 2.05) is 19.1 Å². The van der Waals surface area contributed by atoms with Crippen molar-refractivity contribution in [2.45, 2.75) is 20.3 Å². The normalized spacial score (nSPS) is 10.0. The number of aryl methyl sites for hydroxylation is 1. The lowest BCUT2D eigenvalue weighted by atomic mass is 10.1. The molecular weight excluding hydrogens is 200 g/mol. The number of ether oxygens (including phenoxy) is 1. The molecule has 0 bridgehead atoms. The van der Waals surface area contributed by atoms with Crippen LogP contribution in [0.5, 0.6) is 5.75 Å². The van der Waals surface area contributed by atoms with Crippen LogP contribution in [0.25, 0.3) is 0 Å². The number of Topliss-reactive ketones (excluding diaryl/α,β-unsaturated/α-hetero) is 1. The monoisotopic (exact) mass is 212 g/mol. The predicted octanol–water partition coefficient (Wildman–Crippen LogP) is 2.79. The molecule has 0 saturated carbocycles. The Kier molecular flexibility index (Phi) is 3.53. The van der Waals surface area contributed by atoms with Crippen LogP contribution in [0.2, 0.25) is 5.02 Å². The fraction of sp³-hybridized carbons (Fsp3) is 0.364. The van der Waals surface area contributed by atoms with Gasteiger partial charge in [0.1, 0.15) is 11.5 Å². The maximum Gasteiger partial charge on any atom is 0.138 e. The first-order valence-electron chi connectivity index (χ1n) is 4.37. The van der Waals surface area contributed by atoms with E-state index in [-0.39, 0.29) is 5.78 Å². The predicted molar refractivity (Wildman–Crippen MR) is 57.1 cm³/mol. The zero-order valence-corrected chi connectivity index (χ0v) is 9.31. The lowest BCUT2D eigenvalue weighted by molar-refractivity contribution is -0.116. The minimum absolute atomic E-state index is 0.0968. The van der Waals surface area contributed by atoms with Gasteiger partial charge in [0.15, 0.2) is 0 Å². The largest absolute Gasteiger partial charge is 0.495 e. The summed E-state index contributed by atoms with van der Waals surface area (Å²) in [5, 5.41) is 0.535. The van der Waals surface area contributed by atoms with Gasteiger partial charge in [-0.1, -0.05) is 17.7 Å². The summed E-state index contributed by atoms with van der Waals surface area (Å²) in [5.41, 5.74) is 1.87. The third-order valence-corrected chi connectivity index (χ3v) is 2.35. The van der Waals surface area contributed by atoms with Crippen LogP contribution in [0, 0.1) is 6.92 Å². The van der Waals surface area contributed by atoms with E-state index in [1.165, 1.54) is 0 Å². The smallest absolute Gasteiger partial charge is 0.138 e. The molecule has 0 aromatic heterocycles. The zero-order valence-electron chi connectivity index (χ0n) is 8.56. The second-order valence-electron chi connectivity index (χ2n) is 3.32. The average Bonchev–Trinajstić information content (AvgIpc) is 2.09. The van der Waals surface area contributed by atoms with Gasteiger partial charge in [-0.3, -0.25) is 4.79 Å². The number of benzene rings is 1. The molecule has 1 aromatic rings. The Morgan fingerprint density at radius 2 is 2.14 bits per heavy atom. The second-order valence-corrected chi connectivity index (χ2v) is 3.70. The first-order valence-corrected chi connectivity index (χ1v) is 4.75. The number of ketones is 1. The molecule has 0 saturated heterocycles. The number of carbonyl (C=O) groups is 1. The van der Waals surface area contributed by atoms with Crippen molar-refractivity contribution >= 4 is 17.4 Å². The molecule has 2 nitrogen and oxygen atoms in total. The van der Waals surface area contributed by atoms with Crippen LogP contribution in [0.4, 0.5) is 0 Å². The highest BCUT2D eigenvalue weighted by Gasteiger charge is 2.09. The quantitative estimate of drug-likeness (QED) is 0.770. The molecule has 1 rings (SSSR count). The molecule has 0 heterocycles. The molecule has 0 atom stereocenters. The van der Waals surface area contributed by atoms with Gasteiger partial charge in [0.2, 0.25) is 0 Å². The van der Waals surface area contributed by atoms with Crippen LogP contribution < -0.4 is 4.74 Å². The molecule has 0 N–H and O–H groups in total. The maximum atomic E-state index is 11.0. The summed E-state index contributed by atoms with van der Waals surface area (Å²) in [6.07, 6.45) is 0.358. The summed E-state index contributed by atoms with van der Waals surface area (Å²) in [4.78, 5) is 11.0. The Morgan fingerprint density at radius 3 is 2.64 bits per heavy atom. The summed E-state index contributed by atoms with van der Waals surface area (Å²) >= 11 is 6.05. The van der Waals surface area contributed by atoms with Crippen molar-refractivity contribution in [1.82, 2.24) is 0 Å². The van der Waals surface area contributed by atoms with Crippen LogP contribution in [-0.2, 0) is 11.2 Å². The van der Waals surface area contributed by atoms with Crippen molar-refractivity contribution in [1.29, 1.82) is 0 Å². The highest BCUT2D eigenvalue weighted by molar-refractivity contribution is 6.33. The van der Waals surface area contributed by atoms with Gasteiger partial charge in [-0.15, -0.1) is 0 Å². The molecule has 0 spiro atoms. The van der Waals surface area contributed by atoms with Gasteiger partial charge in [0.05, 0.1) is 12.1 Å². The Hall–Kier alpha value is -1.02. The first kappa shape index (κ1) is 11.1. The van der Waals surface area contributed by atoms with E-state index in [9.17, 15) is 4.79 Å². The summed E-state index contributed by atoms with van der Waals surface area (Å²) in [6, 6.07) is 3.76. The van der Waals surface area contributed by atoms with Gasteiger partial charge in [0, 0.05) is 6.42 Å². The second kappa shape index (κ2) is 4.47. The molecular formula is C11H13ClO2. The summed E-state index contributed by atoms with van der Waals surface area (Å²) < 4.78 is 5.10. The van der Waals surface area contributed by atoms with Crippen LogP contribution in [0.1, 0.15) is 18.1 Å². The van der Waals surface area contributed by atoms with E-state index in [4.69, 9.17) is 16.3 Å². The standard InChI is InChI=1S/C11H13ClO2/c1-7-4-9(6-8(2)13)11(12)10(5-7)14-3/h4-5H,6H2,1-3H3. The van der Waals surface area contributed by atoms with Crippen LogP contribution >= 0.6 is 11.6 Å². The topological polar surface area (TPSA) is 26.3 Å². The lowest BCUT2D eigenvalue weighted by Gasteiger charge is -2.09. The SMILES string of the molecule is COc1cc(C)cc(CC(C)=O)c1Cl. The summed E-state index contributed by atoms with van der Waals surface area (Å²) in [7, 11) is 1.57. The first-order chi connectivity index (χ1) is 6.54. The highest BCUT2D eigenvalue weighted by Crippen LogP contribution is 2.29. The average molecular weight is 213 g/mol. The molecule has 0 aliphatic heterocycles. The molecule has 3 heteroatoms. The van der Waals surface area contributed by atoms with E-state index < -0.39 is 0 Å². The van der Waals surface area contributed by atoms with Crippen LogP contribution in [0.15, 0.2) is 12.1 Å². The number of halogens is 1. The molecule has 0 aliphatic carbocycles. The Morgan fingerprint density at radius 1 is 1.50 bits per heavy atom. The van der Waals surface area contributed by atoms with Gasteiger partial charge >= 0.3 is 0 Å². The lowest BCUT2D eigenvalue weighted by Crippen LogP contribution is -1.99. The highest BCUT2D eigenvalue weighted by atomic mass is 35.5. The van der Waals surface area contributed by atoms with E-state index in [0.717, 1.165) is 11.1 Å². The van der Waals surface area contributed by atoms with Gasteiger partial charge in [-0.2, -0.15) is 0 Å². The van der Waals surface area contributed by atoms with Gasteiger partial charge in [0.25, 0.3) is 0 Å². The molecule has 0 radical (unpaired) electrons. The number of carbonyl (C=O) groups excluding carboxylic acids is 1. The van der Waals surface area contributed by atoms with Crippen molar-refractivity contribution in [3.63, 3.8) is 0 Å². The minimum Gasteiger partial charge on any atom is -0.495 e. The zero-order chi connectivity index (χ0) is 10.7. The van der Waals surface area contributed by atoms with Crippen LogP contribution in [-0.4, -0.2) is 12.9 Å². The van der Waals surface area contributed by atoms with Gasteiger partial charge in [-0.05, 0) is 31.0 Å². The number of hydrogen-bond donors (Lipinski definition) is 0. The molecule has 0 aliphatic rings. The number of hydrogen-bond acceptors (Lipinski definition) is 2. The third kappa shape index (κ3) is 2.48. The van der Waals surface area contributed by atoms with E-state index in [1.54, 1.807) is 14.0 Å². The van der Waals surface area contributed by atoms with Crippen molar-refractivity contribution in [2.24, 2.45) is 0 Å². The molecule has 1 aromatic carbocycles. The maximum absolute atomic E-state index is 11.0. The van der Waals surface area contributed by atoms with Crippen LogP contribution in [0.3, 0.4) is 0 Å². The fourth-order valence-electron chi connectivity index (χ4n) is 1.35. The third-order valence-electron chi connectivity index (χ3n) is 1.92. The minimum atomic E-state index is 0.0968. The Labute approximate surface area is 88.8 Å². The van der Waals surface area contributed by atoms with Gasteiger partial charge < -0.3 is 4.74 Å². The molecule has 0 unspecified atom stereocenters. The van der Waals surface area contributed by atoms with Gasteiger partial charge in [-0.25, -0.2) is 0 Å². The van der Waals surface area contributed by atoms with E-state index in [0.29, 0.717) is 17.2 Å². The molecule has 0 fully saturated rings. The van der Waals surface area contributed by atoms with E-state index >= 15 is 0 Å². The molecule has 76 valence electrons. The molecule has 0 amide bonds. The van der Waals surface area contributed by atoms with Crippen molar-refractivity contribution in [3.8, 4) is 5.75 Å². The fourth-order valence-corrected chi connectivity index (χ4v) is 1.61. The van der Waals surface area contributed by atoms with Crippen molar-refractivity contribution in [2.75, 3.05) is 7.11 Å². The number of methoxy groups -OCH3 is 1. The summed E-state index contributed by atoms with van der Waals surface area (Å²) in [5.74, 6) is 0.725. The van der Waals surface area contributed by atoms with Crippen molar-refractivity contribution < 1.29 is 9.53 Å².